The van der Waals surface area contributed by atoms with Gasteiger partial charge in [-0.15, -0.1) is 0 Å². The molecule has 1 unspecified atom stereocenters. The zero-order chi connectivity index (χ0) is 21.1. The van der Waals surface area contributed by atoms with Crippen molar-refractivity contribution in [3.63, 3.8) is 0 Å². The van der Waals surface area contributed by atoms with Gasteiger partial charge in [-0.3, -0.25) is 4.79 Å². The maximum absolute atomic E-state index is 13.0. The number of halogens is 1. The number of aromatic nitrogens is 4. The van der Waals surface area contributed by atoms with E-state index in [0.717, 1.165) is 40.4 Å². The Morgan fingerprint density at radius 3 is 2.77 bits per heavy atom. The van der Waals surface area contributed by atoms with Crippen LogP contribution in [0.15, 0.2) is 30.6 Å². The van der Waals surface area contributed by atoms with Gasteiger partial charge in [0.25, 0.3) is 5.78 Å². The maximum atomic E-state index is 13.0. The van der Waals surface area contributed by atoms with Gasteiger partial charge in [-0.05, 0) is 56.2 Å². The van der Waals surface area contributed by atoms with Crippen LogP contribution in [0.2, 0.25) is 5.02 Å². The molecule has 1 fully saturated rings. The van der Waals surface area contributed by atoms with Crippen molar-refractivity contribution in [3.8, 4) is 0 Å². The first kappa shape index (κ1) is 20.8. The second kappa shape index (κ2) is 9.13. The highest BCUT2D eigenvalue weighted by Gasteiger charge is 2.28. The van der Waals surface area contributed by atoms with Crippen LogP contribution >= 0.6 is 11.6 Å². The summed E-state index contributed by atoms with van der Waals surface area (Å²) in [5, 5.41) is 8.26. The van der Waals surface area contributed by atoms with Crippen LogP contribution in [-0.4, -0.2) is 25.5 Å². The molecule has 1 aliphatic rings. The maximum Gasteiger partial charge on any atom is 0.252 e. The molecule has 1 amide bonds. The van der Waals surface area contributed by atoms with Crippen molar-refractivity contribution in [2.75, 3.05) is 0 Å². The number of nitrogens with one attached hydrogen (secondary N) is 1. The summed E-state index contributed by atoms with van der Waals surface area (Å²) in [6.45, 7) is 3.96. The van der Waals surface area contributed by atoms with E-state index in [1.807, 2.05) is 38.1 Å². The second-order valence-electron chi connectivity index (χ2n) is 8.20. The fourth-order valence-corrected chi connectivity index (χ4v) is 4.90. The number of hydrogen-bond donors (Lipinski definition) is 1. The first-order valence-electron chi connectivity index (χ1n) is 10.7. The third-order valence-electron chi connectivity index (χ3n) is 6.27. The van der Waals surface area contributed by atoms with Gasteiger partial charge in [0, 0.05) is 22.8 Å². The van der Waals surface area contributed by atoms with Gasteiger partial charge in [-0.1, -0.05) is 49.1 Å². The highest BCUT2D eigenvalue weighted by Crippen LogP contribution is 2.37. The van der Waals surface area contributed by atoms with Crippen molar-refractivity contribution in [2.24, 2.45) is 5.92 Å². The Hall–Kier alpha value is -2.47. The van der Waals surface area contributed by atoms with Crippen LogP contribution in [0.3, 0.4) is 0 Å². The molecular formula is C23H28ClN5O. The highest BCUT2D eigenvalue weighted by molar-refractivity contribution is 6.31. The topological polar surface area (TPSA) is 72.2 Å². The molecule has 0 aliphatic heterocycles. The molecule has 158 valence electrons. The van der Waals surface area contributed by atoms with Gasteiger partial charge in [0.15, 0.2) is 0 Å². The van der Waals surface area contributed by atoms with E-state index in [9.17, 15) is 4.79 Å². The zero-order valence-corrected chi connectivity index (χ0v) is 18.3. The molecule has 30 heavy (non-hydrogen) atoms. The lowest BCUT2D eigenvalue weighted by atomic mass is 9.81. The van der Waals surface area contributed by atoms with E-state index in [2.05, 4.69) is 20.4 Å². The number of carbonyl (C=O) groups is 1. The van der Waals surface area contributed by atoms with E-state index in [1.54, 1.807) is 4.52 Å². The molecule has 1 saturated carbocycles. The standard InChI is InChI=1S/C23H28ClN5O/c1-15-18(16(2)29-23(27-15)25-14-26-29)12-13-21(30)28-22(17-8-4-3-5-9-17)19-10-6-7-11-20(19)24/h6-7,10-11,14,17,22H,3-5,8-9,12-13H2,1-2H3,(H,28,30). The molecule has 1 atom stereocenters. The van der Waals surface area contributed by atoms with Gasteiger partial charge in [0.05, 0.1) is 6.04 Å². The predicted octanol–water partition coefficient (Wildman–Crippen LogP) is 4.76. The first-order chi connectivity index (χ1) is 14.5. The SMILES string of the molecule is Cc1nc2ncnn2c(C)c1CCC(=O)NC(c1ccccc1Cl)C1CCCCC1. The van der Waals surface area contributed by atoms with Crippen LogP contribution in [-0.2, 0) is 11.2 Å². The number of nitrogens with zero attached hydrogens (tertiary/aromatic N) is 4. The molecule has 1 aliphatic carbocycles. The molecule has 6 nitrogen and oxygen atoms in total. The highest BCUT2D eigenvalue weighted by atomic mass is 35.5. The fourth-order valence-electron chi connectivity index (χ4n) is 4.65. The Bertz CT molecular complexity index is 1040. The monoisotopic (exact) mass is 425 g/mol. The first-order valence-corrected chi connectivity index (χ1v) is 11.1. The lowest BCUT2D eigenvalue weighted by Crippen LogP contribution is -2.34. The third kappa shape index (κ3) is 4.33. The summed E-state index contributed by atoms with van der Waals surface area (Å²) in [5.74, 6) is 1.07. The van der Waals surface area contributed by atoms with Crippen LogP contribution < -0.4 is 5.32 Å². The van der Waals surface area contributed by atoms with Crippen molar-refractivity contribution < 1.29 is 4.79 Å². The second-order valence-corrected chi connectivity index (χ2v) is 8.61. The normalized spacial score (nSPS) is 16.0. The Morgan fingerprint density at radius 1 is 1.23 bits per heavy atom. The molecule has 0 radical (unpaired) electrons. The lowest BCUT2D eigenvalue weighted by Gasteiger charge is -2.32. The van der Waals surface area contributed by atoms with Crippen LogP contribution in [0.4, 0.5) is 0 Å². The molecule has 1 N–H and O–H groups in total. The lowest BCUT2D eigenvalue weighted by molar-refractivity contribution is -0.122. The Balaban J connectivity index is 1.50. The number of rotatable bonds is 6. The summed E-state index contributed by atoms with van der Waals surface area (Å²) in [7, 11) is 0. The van der Waals surface area contributed by atoms with Gasteiger partial charge < -0.3 is 5.32 Å². The van der Waals surface area contributed by atoms with E-state index in [4.69, 9.17) is 11.6 Å². The van der Waals surface area contributed by atoms with Crippen LogP contribution in [0.5, 0.6) is 0 Å². The number of fused-ring (bicyclic) bond motifs is 1. The van der Waals surface area contributed by atoms with Crippen molar-refractivity contribution in [3.05, 3.63) is 58.1 Å². The Morgan fingerprint density at radius 2 is 2.00 bits per heavy atom. The summed E-state index contributed by atoms with van der Waals surface area (Å²) in [4.78, 5) is 21.6. The average Bonchev–Trinajstić information content (AvgIpc) is 3.22. The quantitative estimate of drug-likeness (QED) is 0.617. The van der Waals surface area contributed by atoms with Gasteiger partial charge in [-0.25, -0.2) is 9.50 Å². The molecule has 2 aromatic heterocycles. The molecule has 3 aromatic rings. The Kier molecular flexibility index (Phi) is 6.32. The smallest absolute Gasteiger partial charge is 0.252 e. The van der Waals surface area contributed by atoms with Gasteiger partial charge >= 0.3 is 0 Å². The summed E-state index contributed by atoms with van der Waals surface area (Å²) >= 11 is 6.51. The minimum atomic E-state index is -0.0374. The molecule has 2 heterocycles. The molecular weight excluding hydrogens is 398 g/mol. The van der Waals surface area contributed by atoms with E-state index in [-0.39, 0.29) is 11.9 Å². The predicted molar refractivity (Wildman–Crippen MR) is 117 cm³/mol. The van der Waals surface area contributed by atoms with Crippen LogP contribution in [0.25, 0.3) is 5.78 Å². The third-order valence-corrected chi connectivity index (χ3v) is 6.61. The molecule has 4 rings (SSSR count). The van der Waals surface area contributed by atoms with Gasteiger partial charge in [0.2, 0.25) is 5.91 Å². The van der Waals surface area contributed by atoms with Crippen molar-refractivity contribution in [1.29, 1.82) is 0 Å². The minimum Gasteiger partial charge on any atom is -0.349 e. The molecule has 0 bridgehead atoms. The summed E-state index contributed by atoms with van der Waals surface area (Å²) in [5.41, 5.74) is 3.96. The fraction of sp³-hybridized carbons (Fsp3) is 0.478. The summed E-state index contributed by atoms with van der Waals surface area (Å²) < 4.78 is 1.73. The zero-order valence-electron chi connectivity index (χ0n) is 17.6. The number of hydrogen-bond acceptors (Lipinski definition) is 4. The summed E-state index contributed by atoms with van der Waals surface area (Å²) in [6, 6.07) is 7.84. The van der Waals surface area contributed by atoms with Crippen molar-refractivity contribution in [1.82, 2.24) is 24.9 Å². The van der Waals surface area contributed by atoms with E-state index < -0.39 is 0 Å². The number of aryl methyl sites for hydroxylation is 2. The number of carbonyl (C=O) groups excluding carboxylic acids is 1. The van der Waals surface area contributed by atoms with Gasteiger partial charge in [0.1, 0.15) is 6.33 Å². The number of benzene rings is 1. The minimum absolute atomic E-state index is 0.0374. The molecule has 0 spiro atoms. The Labute approximate surface area is 182 Å². The van der Waals surface area contributed by atoms with Crippen LogP contribution in [0, 0.1) is 19.8 Å². The van der Waals surface area contributed by atoms with Crippen molar-refractivity contribution >= 4 is 23.3 Å². The van der Waals surface area contributed by atoms with Crippen LogP contribution in [0.1, 0.15) is 67.1 Å². The van der Waals surface area contributed by atoms with E-state index >= 15 is 0 Å². The van der Waals surface area contributed by atoms with E-state index in [1.165, 1.54) is 25.6 Å². The van der Waals surface area contributed by atoms with E-state index in [0.29, 0.717) is 24.5 Å². The average molecular weight is 426 g/mol. The molecule has 1 aromatic carbocycles. The number of amides is 1. The summed E-state index contributed by atoms with van der Waals surface area (Å²) in [6.07, 6.45) is 8.47. The largest absolute Gasteiger partial charge is 0.349 e. The van der Waals surface area contributed by atoms with Gasteiger partial charge in [-0.2, -0.15) is 10.1 Å². The van der Waals surface area contributed by atoms with Crippen molar-refractivity contribution in [2.45, 2.75) is 64.8 Å². The molecule has 7 heteroatoms. The molecule has 0 saturated heterocycles.